The van der Waals surface area contributed by atoms with Crippen molar-refractivity contribution in [3.05, 3.63) is 22.4 Å². The summed E-state index contributed by atoms with van der Waals surface area (Å²) in [6.07, 6.45) is 10.6. The van der Waals surface area contributed by atoms with Gasteiger partial charge in [0.2, 0.25) is 0 Å². The molecular formula is C17H26N2OS. The van der Waals surface area contributed by atoms with Gasteiger partial charge in [0.1, 0.15) is 0 Å². The quantitative estimate of drug-likeness (QED) is 0.864. The molecule has 1 saturated heterocycles. The third-order valence-corrected chi connectivity index (χ3v) is 5.60. The van der Waals surface area contributed by atoms with E-state index in [4.69, 9.17) is 0 Å². The van der Waals surface area contributed by atoms with E-state index in [0.717, 1.165) is 24.6 Å². The Bertz CT molecular complexity index is 438. The van der Waals surface area contributed by atoms with Crippen LogP contribution < -0.4 is 5.32 Å². The summed E-state index contributed by atoms with van der Waals surface area (Å²) in [6, 6.07) is 2.99. The highest BCUT2D eigenvalue weighted by Crippen LogP contribution is 2.24. The van der Waals surface area contributed by atoms with E-state index in [1.54, 1.807) is 11.3 Å². The summed E-state index contributed by atoms with van der Waals surface area (Å²) < 4.78 is 0. The summed E-state index contributed by atoms with van der Waals surface area (Å²) in [6.45, 7) is 2.26. The second kappa shape index (κ2) is 7.41. The number of carbonyl (C=O) groups excluding carboxylic acids is 1. The SMILES string of the molecule is O=C(N[C@@H]1CCCN(C2CCCCCC2)C1)c1ccsc1. The van der Waals surface area contributed by atoms with Crippen LogP contribution in [0.3, 0.4) is 0 Å². The van der Waals surface area contributed by atoms with Gasteiger partial charge < -0.3 is 5.32 Å². The van der Waals surface area contributed by atoms with Crippen LogP contribution >= 0.6 is 11.3 Å². The minimum Gasteiger partial charge on any atom is -0.348 e. The van der Waals surface area contributed by atoms with Crippen LogP contribution in [0, 0.1) is 0 Å². The third kappa shape index (κ3) is 4.07. The van der Waals surface area contributed by atoms with Gasteiger partial charge in [0.05, 0.1) is 0 Å². The number of rotatable bonds is 3. The molecule has 0 unspecified atom stereocenters. The lowest BCUT2D eigenvalue weighted by atomic mass is 9.99. The average molecular weight is 306 g/mol. The molecule has 1 aliphatic carbocycles. The number of nitrogens with one attached hydrogen (secondary N) is 1. The van der Waals surface area contributed by atoms with Crippen LogP contribution in [0.4, 0.5) is 0 Å². The molecule has 2 heterocycles. The molecule has 1 aliphatic heterocycles. The van der Waals surface area contributed by atoms with Crippen LogP contribution in [0.5, 0.6) is 0 Å². The smallest absolute Gasteiger partial charge is 0.252 e. The first kappa shape index (κ1) is 15.0. The van der Waals surface area contributed by atoms with Crippen LogP contribution in [-0.4, -0.2) is 36.0 Å². The van der Waals surface area contributed by atoms with Gasteiger partial charge in [-0.15, -0.1) is 0 Å². The molecule has 21 heavy (non-hydrogen) atoms. The minimum absolute atomic E-state index is 0.101. The minimum atomic E-state index is 0.101. The van der Waals surface area contributed by atoms with Gasteiger partial charge in [-0.05, 0) is 43.7 Å². The van der Waals surface area contributed by atoms with Crippen molar-refractivity contribution in [1.29, 1.82) is 0 Å². The standard InChI is InChI=1S/C17H26N2OS/c20-17(14-9-11-21-13-14)18-15-6-5-10-19(12-15)16-7-3-1-2-4-8-16/h9,11,13,15-16H,1-8,10,12H2,(H,18,20)/t15-/m1/s1. The van der Waals surface area contributed by atoms with Crippen molar-refractivity contribution in [2.24, 2.45) is 0 Å². The Hall–Kier alpha value is -0.870. The van der Waals surface area contributed by atoms with Crippen molar-refractivity contribution >= 4 is 17.2 Å². The van der Waals surface area contributed by atoms with Crippen LogP contribution in [0.2, 0.25) is 0 Å². The molecule has 116 valence electrons. The summed E-state index contributed by atoms with van der Waals surface area (Å²) in [7, 11) is 0. The Morgan fingerprint density at radius 3 is 2.67 bits per heavy atom. The largest absolute Gasteiger partial charge is 0.348 e. The summed E-state index contributed by atoms with van der Waals surface area (Å²) >= 11 is 1.58. The zero-order valence-corrected chi connectivity index (χ0v) is 13.5. The number of carbonyl (C=O) groups is 1. The number of hydrogen-bond acceptors (Lipinski definition) is 3. The van der Waals surface area contributed by atoms with Gasteiger partial charge in [0, 0.05) is 29.6 Å². The number of hydrogen-bond donors (Lipinski definition) is 1. The van der Waals surface area contributed by atoms with E-state index < -0.39 is 0 Å². The fourth-order valence-corrected chi connectivity index (χ4v) is 4.38. The molecule has 0 aromatic carbocycles. The van der Waals surface area contributed by atoms with E-state index in [0.29, 0.717) is 6.04 Å². The van der Waals surface area contributed by atoms with Crippen molar-refractivity contribution in [3.8, 4) is 0 Å². The molecule has 2 aliphatic rings. The lowest BCUT2D eigenvalue weighted by Crippen LogP contribution is -2.50. The summed E-state index contributed by atoms with van der Waals surface area (Å²) in [4.78, 5) is 14.8. The highest BCUT2D eigenvalue weighted by Gasteiger charge is 2.27. The molecule has 1 amide bonds. The number of nitrogens with zero attached hydrogens (tertiary/aromatic N) is 1. The van der Waals surface area contributed by atoms with Gasteiger partial charge in [-0.25, -0.2) is 0 Å². The fraction of sp³-hybridized carbons (Fsp3) is 0.706. The van der Waals surface area contributed by atoms with Crippen LogP contribution in [0.15, 0.2) is 16.8 Å². The molecule has 1 saturated carbocycles. The van der Waals surface area contributed by atoms with Crippen molar-refractivity contribution in [2.45, 2.75) is 63.5 Å². The van der Waals surface area contributed by atoms with E-state index >= 15 is 0 Å². The Balaban J connectivity index is 1.54. The van der Waals surface area contributed by atoms with E-state index in [-0.39, 0.29) is 5.91 Å². The van der Waals surface area contributed by atoms with Crippen LogP contribution in [0.1, 0.15) is 61.7 Å². The van der Waals surface area contributed by atoms with Gasteiger partial charge in [-0.1, -0.05) is 25.7 Å². The Kier molecular flexibility index (Phi) is 5.31. The normalized spacial score (nSPS) is 25.4. The first-order valence-electron chi connectivity index (χ1n) is 8.40. The average Bonchev–Trinajstić information content (AvgIpc) is 2.90. The number of likely N-dealkylation sites (tertiary alicyclic amines) is 1. The molecule has 0 radical (unpaired) electrons. The Morgan fingerprint density at radius 2 is 1.95 bits per heavy atom. The third-order valence-electron chi connectivity index (χ3n) is 4.91. The lowest BCUT2D eigenvalue weighted by molar-refractivity contribution is 0.0861. The maximum atomic E-state index is 12.2. The van der Waals surface area contributed by atoms with Gasteiger partial charge >= 0.3 is 0 Å². The predicted molar refractivity (Wildman–Crippen MR) is 87.9 cm³/mol. The van der Waals surface area contributed by atoms with E-state index in [1.807, 2.05) is 16.8 Å². The van der Waals surface area contributed by atoms with Crippen molar-refractivity contribution in [3.63, 3.8) is 0 Å². The highest BCUT2D eigenvalue weighted by atomic mass is 32.1. The van der Waals surface area contributed by atoms with E-state index in [9.17, 15) is 4.79 Å². The zero-order valence-electron chi connectivity index (χ0n) is 12.7. The van der Waals surface area contributed by atoms with Gasteiger partial charge in [0.15, 0.2) is 0 Å². The molecule has 0 spiro atoms. The molecule has 1 aromatic rings. The van der Waals surface area contributed by atoms with Crippen molar-refractivity contribution in [1.82, 2.24) is 10.2 Å². The predicted octanol–water partition coefficient (Wildman–Crippen LogP) is 3.67. The maximum Gasteiger partial charge on any atom is 0.252 e. The zero-order chi connectivity index (χ0) is 14.5. The highest BCUT2D eigenvalue weighted by molar-refractivity contribution is 7.08. The number of amides is 1. The van der Waals surface area contributed by atoms with Gasteiger partial charge in [-0.3, -0.25) is 9.69 Å². The first-order valence-corrected chi connectivity index (χ1v) is 9.34. The molecule has 3 nitrogen and oxygen atoms in total. The fourth-order valence-electron chi connectivity index (χ4n) is 3.74. The monoisotopic (exact) mass is 306 g/mol. The van der Waals surface area contributed by atoms with Gasteiger partial charge in [0.25, 0.3) is 5.91 Å². The van der Waals surface area contributed by atoms with Crippen LogP contribution in [0.25, 0.3) is 0 Å². The lowest BCUT2D eigenvalue weighted by Gasteiger charge is -2.38. The van der Waals surface area contributed by atoms with Crippen LogP contribution in [-0.2, 0) is 0 Å². The van der Waals surface area contributed by atoms with E-state index in [2.05, 4.69) is 10.2 Å². The molecule has 1 atom stereocenters. The second-order valence-corrected chi connectivity index (χ2v) is 7.24. The second-order valence-electron chi connectivity index (χ2n) is 6.46. The molecule has 1 N–H and O–H groups in total. The molecular weight excluding hydrogens is 280 g/mol. The molecule has 0 bridgehead atoms. The molecule has 2 fully saturated rings. The summed E-state index contributed by atoms with van der Waals surface area (Å²) in [5.74, 6) is 0.101. The number of piperidine rings is 1. The maximum absolute atomic E-state index is 12.2. The molecule has 1 aromatic heterocycles. The summed E-state index contributed by atoms with van der Waals surface area (Å²) in [5.41, 5.74) is 0.812. The van der Waals surface area contributed by atoms with Gasteiger partial charge in [-0.2, -0.15) is 11.3 Å². The number of thiophene rings is 1. The van der Waals surface area contributed by atoms with E-state index in [1.165, 1.54) is 51.5 Å². The van der Waals surface area contributed by atoms with Crippen molar-refractivity contribution < 1.29 is 4.79 Å². The first-order chi connectivity index (χ1) is 10.3. The Morgan fingerprint density at radius 1 is 1.14 bits per heavy atom. The molecule has 3 rings (SSSR count). The van der Waals surface area contributed by atoms with Crippen molar-refractivity contribution in [2.75, 3.05) is 13.1 Å². The summed E-state index contributed by atoms with van der Waals surface area (Å²) in [5, 5.41) is 7.13. The Labute approximate surface area is 131 Å². The molecule has 4 heteroatoms. The topological polar surface area (TPSA) is 32.3 Å².